The molecule has 0 aromatic heterocycles. The molecule has 1 saturated carbocycles. The lowest BCUT2D eigenvalue weighted by Crippen LogP contribution is -2.29. The van der Waals surface area contributed by atoms with Crippen LogP contribution in [0, 0.1) is 5.92 Å². The largest absolute Gasteiger partial charge is 0.383 e. The van der Waals surface area contributed by atoms with Crippen LogP contribution in [0.4, 0.5) is 4.39 Å². The average Bonchev–Trinajstić information content (AvgIpc) is 2.52. The van der Waals surface area contributed by atoms with Crippen LogP contribution in [0.5, 0.6) is 0 Å². The van der Waals surface area contributed by atoms with Crippen molar-refractivity contribution in [1.82, 2.24) is 5.32 Å². The van der Waals surface area contributed by atoms with Crippen LogP contribution >= 0.6 is 0 Å². The summed E-state index contributed by atoms with van der Waals surface area (Å²) in [7, 11) is 0. The number of nitrogens with one attached hydrogen (secondary N) is 1. The summed E-state index contributed by atoms with van der Waals surface area (Å²) in [5.41, 5.74) is 1.53. The van der Waals surface area contributed by atoms with Crippen LogP contribution in [0.25, 0.3) is 0 Å². The first-order valence-electron chi connectivity index (χ1n) is 9.83. The van der Waals surface area contributed by atoms with E-state index in [4.69, 9.17) is 0 Å². The molecule has 1 nitrogen and oxygen atoms in total. The fraction of sp³-hybridized carbons (Fsp3) is 0.727. The maximum Gasteiger partial charge on any atom is 0.130 e. The van der Waals surface area contributed by atoms with Gasteiger partial charge in [-0.3, -0.25) is 0 Å². The molecule has 0 aromatic rings. The van der Waals surface area contributed by atoms with Crippen molar-refractivity contribution in [3.8, 4) is 0 Å². The summed E-state index contributed by atoms with van der Waals surface area (Å²) in [4.78, 5) is 0. The molecular weight excluding hydrogens is 297 g/mol. The van der Waals surface area contributed by atoms with Crippen LogP contribution in [0.2, 0.25) is 0 Å². The van der Waals surface area contributed by atoms with Gasteiger partial charge in [0.05, 0.1) is 0 Å². The minimum atomic E-state index is -1.32. The summed E-state index contributed by atoms with van der Waals surface area (Å²) in [6.45, 7) is 13.9. The lowest BCUT2D eigenvalue weighted by molar-refractivity contribution is 0.268. The van der Waals surface area contributed by atoms with E-state index in [-0.39, 0.29) is 0 Å². The molecule has 0 spiro atoms. The third-order valence-electron chi connectivity index (χ3n) is 5.28. The van der Waals surface area contributed by atoms with E-state index in [0.29, 0.717) is 12.0 Å². The van der Waals surface area contributed by atoms with Gasteiger partial charge in [-0.05, 0) is 63.2 Å². The Morgan fingerprint density at radius 1 is 1.21 bits per heavy atom. The highest BCUT2D eigenvalue weighted by Crippen LogP contribution is 2.33. The zero-order valence-electron chi connectivity index (χ0n) is 16.6. The van der Waals surface area contributed by atoms with E-state index >= 15 is 0 Å². The molecule has 24 heavy (non-hydrogen) atoms. The van der Waals surface area contributed by atoms with Gasteiger partial charge in [-0.25, -0.2) is 4.39 Å². The molecule has 0 unspecified atom stereocenters. The molecular formula is C22H38FN. The highest BCUT2D eigenvalue weighted by atomic mass is 19.1. The maximum absolute atomic E-state index is 14.7. The first-order chi connectivity index (χ1) is 11.3. The molecule has 0 radical (unpaired) electrons. The van der Waals surface area contributed by atoms with Crippen LogP contribution < -0.4 is 5.32 Å². The van der Waals surface area contributed by atoms with E-state index in [2.05, 4.69) is 31.8 Å². The van der Waals surface area contributed by atoms with Crippen molar-refractivity contribution < 1.29 is 4.39 Å². The molecule has 0 heterocycles. The fourth-order valence-electron chi connectivity index (χ4n) is 3.81. The van der Waals surface area contributed by atoms with Crippen LogP contribution in [0.3, 0.4) is 0 Å². The Labute approximate surface area is 149 Å². The van der Waals surface area contributed by atoms with Gasteiger partial charge in [0, 0.05) is 11.7 Å². The molecule has 138 valence electrons. The van der Waals surface area contributed by atoms with Crippen molar-refractivity contribution in [3.63, 3.8) is 0 Å². The first kappa shape index (κ1) is 21.0. The van der Waals surface area contributed by atoms with Crippen molar-refractivity contribution in [2.45, 2.75) is 97.7 Å². The molecule has 0 bridgehead atoms. The summed E-state index contributed by atoms with van der Waals surface area (Å²) in [6.07, 6.45) is 13.6. The van der Waals surface area contributed by atoms with E-state index in [0.717, 1.165) is 36.1 Å². The Kier molecular flexibility index (Phi) is 8.80. The molecule has 1 fully saturated rings. The highest BCUT2D eigenvalue weighted by Gasteiger charge is 2.26. The van der Waals surface area contributed by atoms with E-state index in [1.807, 2.05) is 13.0 Å². The topological polar surface area (TPSA) is 12.0 Å². The Morgan fingerprint density at radius 3 is 2.25 bits per heavy atom. The van der Waals surface area contributed by atoms with E-state index in [1.54, 1.807) is 13.8 Å². The van der Waals surface area contributed by atoms with Gasteiger partial charge in [0.2, 0.25) is 0 Å². The summed E-state index contributed by atoms with van der Waals surface area (Å²) in [5, 5.41) is 3.57. The Balaban J connectivity index is 2.95. The Bertz CT molecular complexity index is 443. The molecule has 2 heteroatoms. The normalized spacial score (nSPS) is 18.1. The van der Waals surface area contributed by atoms with Gasteiger partial charge in [-0.1, -0.05) is 58.6 Å². The number of hydrogen-bond donors (Lipinski definition) is 1. The van der Waals surface area contributed by atoms with Crippen molar-refractivity contribution in [2.24, 2.45) is 5.92 Å². The third-order valence-corrected chi connectivity index (χ3v) is 5.28. The van der Waals surface area contributed by atoms with Gasteiger partial charge in [-0.15, -0.1) is 0 Å². The average molecular weight is 336 g/mol. The molecule has 1 N–H and O–H groups in total. The zero-order chi connectivity index (χ0) is 18.2. The van der Waals surface area contributed by atoms with Gasteiger partial charge in [0.1, 0.15) is 5.67 Å². The van der Waals surface area contributed by atoms with E-state index in [1.165, 1.54) is 32.1 Å². The zero-order valence-corrected chi connectivity index (χ0v) is 16.6. The molecule has 0 amide bonds. The van der Waals surface area contributed by atoms with E-state index < -0.39 is 5.67 Å². The van der Waals surface area contributed by atoms with Crippen LogP contribution in [0.1, 0.15) is 86.0 Å². The summed E-state index contributed by atoms with van der Waals surface area (Å²) >= 11 is 0. The van der Waals surface area contributed by atoms with Crippen molar-refractivity contribution in [3.05, 3.63) is 35.6 Å². The van der Waals surface area contributed by atoms with Gasteiger partial charge in [-0.2, -0.15) is 0 Å². The molecule has 0 saturated heterocycles. The number of alkyl halides is 1. The van der Waals surface area contributed by atoms with E-state index in [9.17, 15) is 4.39 Å². The van der Waals surface area contributed by atoms with Crippen LogP contribution in [0.15, 0.2) is 35.6 Å². The van der Waals surface area contributed by atoms with Gasteiger partial charge >= 0.3 is 0 Å². The summed E-state index contributed by atoms with van der Waals surface area (Å²) < 4.78 is 14.7. The van der Waals surface area contributed by atoms with Gasteiger partial charge in [0.25, 0.3) is 0 Å². The van der Waals surface area contributed by atoms with Crippen molar-refractivity contribution in [2.75, 3.05) is 0 Å². The maximum atomic E-state index is 14.7. The van der Waals surface area contributed by atoms with Crippen LogP contribution in [-0.2, 0) is 0 Å². The number of rotatable bonds is 9. The molecule has 1 rings (SSSR count). The molecule has 1 aliphatic rings. The van der Waals surface area contributed by atoms with Crippen LogP contribution in [-0.4, -0.2) is 11.7 Å². The molecule has 0 atom stereocenters. The van der Waals surface area contributed by atoms with Crippen molar-refractivity contribution >= 4 is 0 Å². The second kappa shape index (κ2) is 10.1. The minimum absolute atomic E-state index is 0.532. The fourth-order valence-corrected chi connectivity index (χ4v) is 3.81. The number of halogens is 1. The summed E-state index contributed by atoms with van der Waals surface area (Å²) in [5.74, 6) is 0.594. The monoisotopic (exact) mass is 335 g/mol. The predicted molar refractivity (Wildman–Crippen MR) is 105 cm³/mol. The SMILES string of the molecule is C=C(/C=C(CC(CC)CC)\C(=C/C)C(C)(C)F)NC1CCCCC1. The first-order valence-corrected chi connectivity index (χ1v) is 9.83. The third kappa shape index (κ3) is 6.83. The molecule has 1 aliphatic carbocycles. The molecule has 0 aromatic carbocycles. The number of hydrogen-bond acceptors (Lipinski definition) is 1. The Hall–Kier alpha value is -1.05. The molecule has 0 aliphatic heterocycles. The Morgan fingerprint density at radius 2 is 1.79 bits per heavy atom. The minimum Gasteiger partial charge on any atom is -0.383 e. The second-order valence-electron chi connectivity index (χ2n) is 7.74. The number of allylic oxidation sites excluding steroid dienone is 4. The summed E-state index contributed by atoms with van der Waals surface area (Å²) in [6, 6.07) is 0.532. The second-order valence-corrected chi connectivity index (χ2v) is 7.74. The van der Waals surface area contributed by atoms with Crippen molar-refractivity contribution in [1.29, 1.82) is 0 Å². The lowest BCUT2D eigenvalue weighted by atomic mass is 9.84. The van der Waals surface area contributed by atoms with Gasteiger partial charge < -0.3 is 5.32 Å². The lowest BCUT2D eigenvalue weighted by Gasteiger charge is -2.27. The standard InChI is InChI=1S/C22H38FN/c1-7-18(8-2)16-19(21(9-3)22(5,6)23)15-17(4)24-20-13-11-10-12-14-20/h9,15,18,20,24H,4,7-8,10-14,16H2,1-3,5-6H3/b19-15-,21-9+. The smallest absolute Gasteiger partial charge is 0.130 e. The van der Waals surface area contributed by atoms with Gasteiger partial charge in [0.15, 0.2) is 0 Å². The predicted octanol–water partition coefficient (Wildman–Crippen LogP) is 6.87. The quantitative estimate of drug-likeness (QED) is 0.453. The highest BCUT2D eigenvalue weighted by molar-refractivity contribution is 5.41.